The van der Waals surface area contributed by atoms with Crippen molar-refractivity contribution in [3.63, 3.8) is 0 Å². The highest BCUT2D eigenvalue weighted by atomic mass is 19.1. The number of amides is 6. The Balaban J connectivity index is 0.746. The third kappa shape index (κ3) is 10.2. The minimum Gasteiger partial charge on any atom is -0.458 e. The minimum atomic E-state index is -2.06. The van der Waals surface area contributed by atoms with E-state index in [1.807, 2.05) is 48.5 Å². The molecule has 0 fully saturated rings. The van der Waals surface area contributed by atoms with Crippen LogP contribution in [0.1, 0.15) is 103 Å². The second-order valence-electron chi connectivity index (χ2n) is 20.3. The largest absolute Gasteiger partial charge is 0.458 e. The number of aryl methyl sites for hydroxylation is 1. The molecule has 6 amide bonds. The van der Waals surface area contributed by atoms with Crippen molar-refractivity contribution >= 4 is 75.8 Å². The van der Waals surface area contributed by atoms with Crippen LogP contribution in [0.15, 0.2) is 102 Å². The number of alkyl carbamates (subject to hydrolysis) is 2. The molecule has 20 heteroatoms. The van der Waals surface area contributed by atoms with Crippen LogP contribution in [0.4, 0.5) is 19.7 Å². The number of rotatable bonds is 15. The predicted molar refractivity (Wildman–Crippen MR) is 286 cm³/mol. The number of cyclic esters (lactones) is 1. The molecule has 4 aliphatic carbocycles. The summed E-state index contributed by atoms with van der Waals surface area (Å²) in [7, 11) is 0. The number of benzene rings is 4. The molecule has 5 aliphatic rings. The Morgan fingerprint density at radius 3 is 2.22 bits per heavy atom. The lowest BCUT2D eigenvalue weighted by molar-refractivity contribution is -0.163. The van der Waals surface area contributed by atoms with Gasteiger partial charge in [-0.05, 0) is 114 Å². The lowest BCUT2D eigenvalue weighted by atomic mass is 9.78. The Labute approximate surface area is 452 Å². The number of Topliss-reactive ketones (excluding diaryl/α,β-unsaturated/α-hetero) is 1. The molecular weight excluding hydrogens is 1020 g/mol. The van der Waals surface area contributed by atoms with Crippen LogP contribution in [0.25, 0.3) is 33.7 Å². The van der Waals surface area contributed by atoms with Gasteiger partial charge in [0, 0.05) is 51.8 Å². The van der Waals surface area contributed by atoms with Crippen molar-refractivity contribution in [1.29, 1.82) is 0 Å². The molecule has 2 heterocycles. The number of pyridine rings is 1. The number of fused-ring (bicyclic) bond motifs is 8. The molecule has 1 aromatic heterocycles. The number of allylic oxidation sites excluding steroid dienone is 2. The molecule has 4 aromatic carbocycles. The second kappa shape index (κ2) is 21.4. The number of ketones is 1. The van der Waals surface area contributed by atoms with Gasteiger partial charge in [0.05, 0.1) is 23.7 Å². The second-order valence-corrected chi connectivity index (χ2v) is 20.3. The Kier molecular flexibility index (Phi) is 14.5. The molecule has 5 aromatic rings. The molecule has 2 bridgehead atoms. The normalized spacial score (nSPS) is 18.8. The summed E-state index contributed by atoms with van der Waals surface area (Å²) in [6.45, 7) is 5.58. The summed E-state index contributed by atoms with van der Waals surface area (Å²) < 4.78 is 32.0. The topological polar surface area (TPSA) is 284 Å². The average molecular weight is 1070 g/mol. The molecule has 0 saturated heterocycles. The molecule has 10 rings (SSSR count). The Morgan fingerprint density at radius 1 is 0.861 bits per heavy atom. The monoisotopic (exact) mass is 1070 g/mol. The van der Waals surface area contributed by atoms with Crippen LogP contribution in [0.2, 0.25) is 0 Å². The molecule has 5 atom stereocenters. The first-order chi connectivity index (χ1) is 37.8. The molecule has 8 N–H and O–H groups in total. The number of nitrogens with two attached hydrogens (primary N) is 1. The lowest BCUT2D eigenvalue weighted by Crippen LogP contribution is -2.55. The molecule has 0 saturated carbocycles. The standard InChI is InChI=1S/C59H56FN7O12/c1-5-59(76)43-22-32-20-33(52(69)42(43)27-77-56(59)73)21-40-50-45(19-18-35-28(2)44(60)23-46(49(35)50)65-51(32)40)67-58(75)78-25-31-14-16-34(17-15-31)64-55(72)47(24-48(61)68)66-54(71)29(3)62-53(70)30(4)63-57(74)79-26-41-38-12-8-6-10-36(38)37-11-7-9-13-39(37)41/h6-17,21-23,29-30,41,45,47,76H,5,18-20,24-27H2,1-4H3,(H2,61,68)(H,62,70)(H,63,74)(H,64,72)(H,66,71)(H,67,75)/t29-,30-,45-,47?,59-/m0/s1. The van der Waals surface area contributed by atoms with E-state index in [-0.39, 0.29) is 61.2 Å². The van der Waals surface area contributed by atoms with Crippen LogP contribution in [0.5, 0.6) is 0 Å². The first-order valence-corrected chi connectivity index (χ1v) is 25.9. The van der Waals surface area contributed by atoms with Crippen molar-refractivity contribution in [2.45, 2.75) is 102 Å². The van der Waals surface area contributed by atoms with Gasteiger partial charge in [0.15, 0.2) is 11.4 Å². The summed E-state index contributed by atoms with van der Waals surface area (Å²) in [5.74, 6) is -5.12. The van der Waals surface area contributed by atoms with Crippen LogP contribution >= 0.6 is 0 Å². The highest BCUT2D eigenvalue weighted by molar-refractivity contribution is 6.17. The number of hydrogen-bond acceptors (Lipinski definition) is 13. The van der Waals surface area contributed by atoms with Crippen molar-refractivity contribution in [3.8, 4) is 11.1 Å². The van der Waals surface area contributed by atoms with Gasteiger partial charge in [-0.1, -0.05) is 67.6 Å². The Bertz CT molecular complexity index is 3510. The molecule has 1 unspecified atom stereocenters. The molecule has 0 radical (unpaired) electrons. The number of nitrogens with zero attached hydrogens (tertiary/aromatic N) is 1. The summed E-state index contributed by atoms with van der Waals surface area (Å²) in [6, 6.07) is 18.8. The number of esters is 1. The van der Waals surface area contributed by atoms with Crippen LogP contribution in [-0.2, 0) is 56.0 Å². The number of anilines is 1. The molecule has 19 nitrogen and oxygen atoms in total. The quantitative estimate of drug-likeness (QED) is 0.0463. The van der Waals surface area contributed by atoms with Crippen LogP contribution < -0.4 is 32.3 Å². The summed E-state index contributed by atoms with van der Waals surface area (Å²) in [5, 5.41) is 25.2. The fraction of sp³-hybridized carbons (Fsp3) is 0.305. The first-order valence-electron chi connectivity index (χ1n) is 25.9. The fourth-order valence-electron chi connectivity index (χ4n) is 11.1. The van der Waals surface area contributed by atoms with Crippen molar-refractivity contribution in [2.24, 2.45) is 5.73 Å². The van der Waals surface area contributed by atoms with Gasteiger partial charge in [0.25, 0.3) is 0 Å². The summed E-state index contributed by atoms with van der Waals surface area (Å²) in [6.07, 6.45) is 1.97. The Hall–Kier alpha value is -9.04. The first kappa shape index (κ1) is 53.4. The van der Waals surface area contributed by atoms with Crippen molar-refractivity contribution in [3.05, 3.63) is 152 Å². The van der Waals surface area contributed by atoms with E-state index in [2.05, 4.69) is 26.6 Å². The molecule has 406 valence electrons. The zero-order valence-electron chi connectivity index (χ0n) is 43.5. The van der Waals surface area contributed by atoms with Gasteiger partial charge < -0.3 is 51.6 Å². The number of carbonyl (C=O) groups excluding carboxylic acids is 8. The van der Waals surface area contributed by atoms with Crippen LogP contribution in [0, 0.1) is 12.7 Å². The van der Waals surface area contributed by atoms with E-state index in [0.717, 1.165) is 27.8 Å². The maximum Gasteiger partial charge on any atom is 0.407 e. The third-order valence-corrected chi connectivity index (χ3v) is 15.3. The van der Waals surface area contributed by atoms with E-state index in [1.54, 1.807) is 38.1 Å². The predicted octanol–water partition coefficient (Wildman–Crippen LogP) is 6.07. The van der Waals surface area contributed by atoms with Gasteiger partial charge in [-0.25, -0.2) is 23.8 Å². The zero-order chi connectivity index (χ0) is 56.0. The highest BCUT2D eigenvalue weighted by Crippen LogP contribution is 2.48. The molecule has 1 aliphatic heterocycles. The van der Waals surface area contributed by atoms with Crippen molar-refractivity contribution in [1.82, 2.24) is 26.3 Å². The number of carbonyl (C=O) groups is 8. The van der Waals surface area contributed by atoms with Crippen LogP contribution in [0.3, 0.4) is 0 Å². The van der Waals surface area contributed by atoms with Gasteiger partial charge >= 0.3 is 18.2 Å². The van der Waals surface area contributed by atoms with Gasteiger partial charge in [-0.15, -0.1) is 0 Å². The van der Waals surface area contributed by atoms with Gasteiger partial charge in [0.1, 0.15) is 43.8 Å². The number of halogens is 1. The molecule has 0 spiro atoms. The number of aromatic nitrogens is 1. The van der Waals surface area contributed by atoms with E-state index in [0.29, 0.717) is 62.8 Å². The number of primary amides is 1. The number of ether oxygens (including phenoxy) is 3. The van der Waals surface area contributed by atoms with Gasteiger partial charge in [-0.2, -0.15) is 0 Å². The molecule has 79 heavy (non-hydrogen) atoms. The van der Waals surface area contributed by atoms with Crippen molar-refractivity contribution in [2.75, 3.05) is 18.5 Å². The molecular formula is C59H56FN7O12. The van der Waals surface area contributed by atoms with E-state index < -0.39 is 83.8 Å². The zero-order valence-corrected chi connectivity index (χ0v) is 43.5. The van der Waals surface area contributed by atoms with Crippen LogP contribution in [-0.4, -0.2) is 94.6 Å². The maximum absolute atomic E-state index is 15.5. The van der Waals surface area contributed by atoms with Gasteiger partial charge in [0.2, 0.25) is 23.6 Å². The summed E-state index contributed by atoms with van der Waals surface area (Å²) >= 11 is 0. The van der Waals surface area contributed by atoms with E-state index in [1.165, 1.54) is 32.0 Å². The van der Waals surface area contributed by atoms with E-state index in [9.17, 15) is 43.5 Å². The number of nitrogens with one attached hydrogen (secondary N) is 5. The maximum atomic E-state index is 15.5. The van der Waals surface area contributed by atoms with Crippen molar-refractivity contribution < 1.29 is 62.1 Å². The number of hydrogen-bond donors (Lipinski definition) is 7. The fourth-order valence-corrected chi connectivity index (χ4v) is 11.1. The Morgan fingerprint density at radius 2 is 1.53 bits per heavy atom. The summed E-state index contributed by atoms with van der Waals surface area (Å²) in [4.78, 5) is 110. The third-order valence-electron chi connectivity index (χ3n) is 15.3. The number of aliphatic hydroxyl groups is 1. The minimum absolute atomic E-state index is 0.0263. The smallest absolute Gasteiger partial charge is 0.407 e. The lowest BCUT2D eigenvalue weighted by Gasteiger charge is -2.32. The SMILES string of the molecule is CC[C@@]1(O)C(=O)OCC2=C1C=C1CC(=Cc3c1nc1cc(F)c(C)c4c1c3[C@@H](NC(=O)OCc1ccc(NC(=O)C(CC(N)=O)NC(=O)[C@H](C)NC(=O)[C@H](C)NC(=O)OCC3c5ccccc5-c5ccccc53)cc1)CC4)C2=O. The highest BCUT2D eigenvalue weighted by Gasteiger charge is 2.48. The summed E-state index contributed by atoms with van der Waals surface area (Å²) in [5.41, 5.74) is 12.6. The van der Waals surface area contributed by atoms with E-state index >= 15 is 4.39 Å². The average Bonchev–Trinajstić information content (AvgIpc) is 3.88. The van der Waals surface area contributed by atoms with Gasteiger partial charge in [-0.3, -0.25) is 24.0 Å². The van der Waals surface area contributed by atoms with E-state index in [4.69, 9.17) is 24.9 Å².